The molecule has 2 rings (SSSR count). The molecule has 0 bridgehead atoms. The number of methoxy groups -OCH3 is 1. The van der Waals surface area contributed by atoms with Crippen molar-refractivity contribution in [3.05, 3.63) is 51.4 Å². The van der Waals surface area contributed by atoms with E-state index in [1.54, 1.807) is 6.07 Å². The third kappa shape index (κ3) is 5.20. The lowest BCUT2D eigenvalue weighted by atomic mass is 10.1. The Morgan fingerprint density at radius 1 is 1.39 bits per heavy atom. The fraction of sp³-hybridized carbons (Fsp3) is 0.250. The first kappa shape index (κ1) is 17.7. The molecule has 0 fully saturated rings. The number of hydrogen-bond donors (Lipinski definition) is 2. The molecular formula is C16H17ClN2O2S2. The maximum atomic E-state index is 11.7. The minimum atomic E-state index is -0.376. The van der Waals surface area contributed by atoms with Crippen molar-refractivity contribution in [1.29, 1.82) is 0 Å². The van der Waals surface area contributed by atoms with Gasteiger partial charge in [0.25, 0.3) is 0 Å². The highest BCUT2D eigenvalue weighted by molar-refractivity contribution is 7.80. The topological polar surface area (TPSA) is 50.4 Å². The molecule has 122 valence electrons. The van der Waals surface area contributed by atoms with E-state index in [1.165, 1.54) is 18.4 Å². The van der Waals surface area contributed by atoms with Crippen LogP contribution in [0.5, 0.6) is 0 Å². The molecule has 2 aromatic rings. The number of hydrogen-bond acceptors (Lipinski definition) is 4. The molecule has 0 amide bonds. The van der Waals surface area contributed by atoms with Crippen molar-refractivity contribution in [1.82, 2.24) is 5.32 Å². The zero-order valence-corrected chi connectivity index (χ0v) is 15.2. The van der Waals surface area contributed by atoms with Crippen LogP contribution in [0.4, 0.5) is 5.00 Å². The van der Waals surface area contributed by atoms with Gasteiger partial charge < -0.3 is 15.4 Å². The van der Waals surface area contributed by atoms with Gasteiger partial charge >= 0.3 is 5.97 Å². The minimum Gasteiger partial charge on any atom is -0.465 e. The first-order valence-corrected chi connectivity index (χ1v) is 8.58. The molecule has 1 aromatic heterocycles. The van der Waals surface area contributed by atoms with Crippen LogP contribution in [-0.4, -0.2) is 24.7 Å². The van der Waals surface area contributed by atoms with E-state index in [9.17, 15) is 4.79 Å². The number of esters is 1. The largest absolute Gasteiger partial charge is 0.465 e. The molecule has 7 heteroatoms. The molecule has 1 aromatic carbocycles. The van der Waals surface area contributed by atoms with Crippen molar-refractivity contribution in [3.8, 4) is 0 Å². The monoisotopic (exact) mass is 368 g/mol. The van der Waals surface area contributed by atoms with Gasteiger partial charge in [0.1, 0.15) is 5.00 Å². The molecule has 0 saturated carbocycles. The van der Waals surface area contributed by atoms with E-state index in [1.807, 2.05) is 31.2 Å². The molecule has 0 aliphatic rings. The molecule has 0 spiro atoms. The lowest BCUT2D eigenvalue weighted by molar-refractivity contribution is 0.0602. The number of benzene rings is 1. The number of nitrogens with one attached hydrogen (secondary N) is 2. The van der Waals surface area contributed by atoms with Crippen molar-refractivity contribution < 1.29 is 9.53 Å². The Balaban J connectivity index is 1.89. The summed E-state index contributed by atoms with van der Waals surface area (Å²) in [5.41, 5.74) is 1.63. The number of thiocarbonyl (C=S) groups is 1. The molecular weight excluding hydrogens is 352 g/mol. The minimum absolute atomic E-state index is 0.376. The van der Waals surface area contributed by atoms with Crippen LogP contribution in [0, 0.1) is 6.92 Å². The number of ether oxygens (including phenoxy) is 1. The Bertz CT molecular complexity index is 716. The van der Waals surface area contributed by atoms with E-state index in [4.69, 9.17) is 28.6 Å². The summed E-state index contributed by atoms with van der Waals surface area (Å²) in [6, 6.07) is 9.50. The van der Waals surface area contributed by atoms with Crippen LogP contribution in [-0.2, 0) is 11.2 Å². The van der Waals surface area contributed by atoms with Crippen LogP contribution >= 0.6 is 35.2 Å². The Morgan fingerprint density at radius 2 is 2.17 bits per heavy atom. The number of halogens is 1. The molecule has 0 atom stereocenters. The number of carbonyl (C=O) groups excluding carboxylic acids is 1. The summed E-state index contributed by atoms with van der Waals surface area (Å²) >= 11 is 12.7. The van der Waals surface area contributed by atoms with E-state index < -0.39 is 0 Å². The maximum absolute atomic E-state index is 11.7. The Morgan fingerprint density at radius 3 is 2.87 bits per heavy atom. The molecule has 0 unspecified atom stereocenters. The summed E-state index contributed by atoms with van der Waals surface area (Å²) in [6.45, 7) is 2.60. The summed E-state index contributed by atoms with van der Waals surface area (Å²) in [5.74, 6) is -0.376. The average molecular weight is 369 g/mol. The van der Waals surface area contributed by atoms with Gasteiger partial charge in [0.15, 0.2) is 5.11 Å². The second kappa shape index (κ2) is 8.29. The molecule has 0 radical (unpaired) electrons. The van der Waals surface area contributed by atoms with E-state index in [-0.39, 0.29) is 5.97 Å². The summed E-state index contributed by atoms with van der Waals surface area (Å²) < 4.78 is 4.77. The maximum Gasteiger partial charge on any atom is 0.340 e. The summed E-state index contributed by atoms with van der Waals surface area (Å²) in [6.07, 6.45) is 0.801. The normalized spacial score (nSPS) is 10.2. The first-order valence-electron chi connectivity index (χ1n) is 6.97. The van der Waals surface area contributed by atoms with Crippen molar-refractivity contribution in [3.63, 3.8) is 0 Å². The number of thiophene rings is 1. The highest BCUT2D eigenvalue weighted by Gasteiger charge is 2.16. The van der Waals surface area contributed by atoms with Crippen LogP contribution in [0.1, 0.15) is 20.8 Å². The van der Waals surface area contributed by atoms with Crippen molar-refractivity contribution >= 4 is 51.2 Å². The van der Waals surface area contributed by atoms with Crippen LogP contribution < -0.4 is 10.6 Å². The van der Waals surface area contributed by atoms with Gasteiger partial charge in [-0.15, -0.1) is 11.3 Å². The predicted molar refractivity (Wildman–Crippen MR) is 99.8 cm³/mol. The quantitative estimate of drug-likeness (QED) is 0.616. The third-order valence-electron chi connectivity index (χ3n) is 3.08. The molecule has 0 aliphatic heterocycles. The average Bonchev–Trinajstić information content (AvgIpc) is 2.87. The van der Waals surface area contributed by atoms with Crippen molar-refractivity contribution in [2.75, 3.05) is 19.0 Å². The van der Waals surface area contributed by atoms with Gasteiger partial charge in [0.2, 0.25) is 0 Å². The van der Waals surface area contributed by atoms with Crippen molar-refractivity contribution in [2.24, 2.45) is 0 Å². The Hall–Kier alpha value is -1.63. The molecule has 0 saturated heterocycles. The van der Waals surface area contributed by atoms with Crippen LogP contribution in [0.25, 0.3) is 0 Å². The molecule has 0 aliphatic carbocycles. The zero-order valence-electron chi connectivity index (χ0n) is 12.8. The lowest BCUT2D eigenvalue weighted by Gasteiger charge is -2.10. The van der Waals surface area contributed by atoms with Gasteiger partial charge in [0.05, 0.1) is 12.7 Å². The van der Waals surface area contributed by atoms with Gasteiger partial charge in [-0.25, -0.2) is 4.79 Å². The summed E-state index contributed by atoms with van der Waals surface area (Å²) in [7, 11) is 1.36. The zero-order chi connectivity index (χ0) is 16.8. The molecule has 1 heterocycles. The molecule has 2 N–H and O–H groups in total. The van der Waals surface area contributed by atoms with Gasteiger partial charge in [-0.3, -0.25) is 0 Å². The van der Waals surface area contributed by atoms with Gasteiger partial charge in [0, 0.05) is 16.4 Å². The van der Waals surface area contributed by atoms with Crippen LogP contribution in [0.15, 0.2) is 30.3 Å². The van der Waals surface area contributed by atoms with E-state index in [0.717, 1.165) is 21.9 Å². The van der Waals surface area contributed by atoms with Crippen molar-refractivity contribution in [2.45, 2.75) is 13.3 Å². The van der Waals surface area contributed by atoms with Gasteiger partial charge in [-0.1, -0.05) is 23.7 Å². The van der Waals surface area contributed by atoms with Gasteiger partial charge in [-0.05, 0) is 49.3 Å². The van der Waals surface area contributed by atoms with Gasteiger partial charge in [-0.2, -0.15) is 0 Å². The van der Waals surface area contributed by atoms with Crippen LogP contribution in [0.2, 0.25) is 5.02 Å². The smallest absolute Gasteiger partial charge is 0.340 e. The second-order valence-corrected chi connectivity index (χ2v) is 6.95. The fourth-order valence-corrected chi connectivity index (χ4v) is 3.41. The van der Waals surface area contributed by atoms with Crippen LogP contribution in [0.3, 0.4) is 0 Å². The van der Waals surface area contributed by atoms with E-state index in [2.05, 4.69) is 10.6 Å². The Kier molecular flexibility index (Phi) is 6.38. The number of anilines is 1. The number of rotatable bonds is 5. The second-order valence-electron chi connectivity index (χ2n) is 4.85. The van der Waals surface area contributed by atoms with E-state index in [0.29, 0.717) is 22.2 Å². The molecule has 23 heavy (non-hydrogen) atoms. The predicted octanol–water partition coefficient (Wildman–Crippen LogP) is 4.03. The van der Waals surface area contributed by atoms with E-state index >= 15 is 0 Å². The third-order valence-corrected chi connectivity index (χ3v) is 4.52. The Labute approximate surface area is 149 Å². The molecule has 4 nitrogen and oxygen atoms in total. The lowest BCUT2D eigenvalue weighted by Crippen LogP contribution is -2.30. The standard InChI is InChI=1S/C16H17ClN2O2S2/c1-10-8-13(15(20)21-2)14(23-10)19-16(22)18-7-6-11-4-3-5-12(17)9-11/h3-5,8-9H,6-7H2,1-2H3,(H2,18,19,22). The number of aryl methyl sites for hydroxylation is 1. The SMILES string of the molecule is COC(=O)c1cc(C)sc1NC(=S)NCCc1cccc(Cl)c1. The summed E-state index contributed by atoms with van der Waals surface area (Å²) in [4.78, 5) is 12.7. The first-order chi connectivity index (χ1) is 11.0. The summed E-state index contributed by atoms with van der Waals surface area (Å²) in [5, 5.41) is 8.06. The highest BCUT2D eigenvalue weighted by Crippen LogP contribution is 2.28. The number of carbonyl (C=O) groups is 1. The highest BCUT2D eigenvalue weighted by atomic mass is 35.5. The fourth-order valence-electron chi connectivity index (χ4n) is 2.03.